The van der Waals surface area contributed by atoms with E-state index in [1.165, 1.54) is 0 Å². The molecule has 32 heavy (non-hydrogen) atoms. The lowest BCUT2D eigenvalue weighted by molar-refractivity contribution is -0.120. The van der Waals surface area contributed by atoms with Gasteiger partial charge in [0.1, 0.15) is 5.75 Å². The molecule has 0 unspecified atom stereocenters. The maximum absolute atomic E-state index is 12.3. The van der Waals surface area contributed by atoms with Crippen molar-refractivity contribution in [3.8, 4) is 5.75 Å². The van der Waals surface area contributed by atoms with E-state index in [1.54, 1.807) is 42.6 Å². The zero-order valence-corrected chi connectivity index (χ0v) is 17.6. The fraction of sp³-hybridized carbons (Fsp3) is 0.0741. The van der Waals surface area contributed by atoms with Crippen molar-refractivity contribution in [1.82, 2.24) is 5.43 Å². The highest BCUT2D eigenvalue weighted by atomic mass is 16.5. The zero-order valence-electron chi connectivity index (χ0n) is 17.6. The third kappa shape index (κ3) is 5.26. The Hall–Kier alpha value is -4.25. The molecule has 0 aliphatic heterocycles. The predicted molar refractivity (Wildman–Crippen MR) is 126 cm³/mol. The molecule has 5 heteroatoms. The molecule has 0 aromatic heterocycles. The molecule has 5 nitrogen and oxygen atoms in total. The molecule has 0 spiro atoms. The van der Waals surface area contributed by atoms with Crippen molar-refractivity contribution in [3.63, 3.8) is 0 Å². The van der Waals surface area contributed by atoms with Gasteiger partial charge < -0.3 is 4.74 Å². The van der Waals surface area contributed by atoms with Gasteiger partial charge in [-0.2, -0.15) is 5.10 Å². The Morgan fingerprint density at radius 1 is 0.875 bits per heavy atom. The van der Waals surface area contributed by atoms with Crippen molar-refractivity contribution >= 4 is 28.9 Å². The van der Waals surface area contributed by atoms with Gasteiger partial charge >= 0.3 is 5.97 Å². The van der Waals surface area contributed by atoms with E-state index < -0.39 is 5.97 Å². The van der Waals surface area contributed by atoms with Gasteiger partial charge in [0.25, 0.3) is 0 Å². The summed E-state index contributed by atoms with van der Waals surface area (Å²) in [7, 11) is 0. The van der Waals surface area contributed by atoms with E-state index in [0.717, 1.165) is 27.5 Å². The average Bonchev–Trinajstić information content (AvgIpc) is 2.81. The second-order valence-electron chi connectivity index (χ2n) is 7.43. The maximum atomic E-state index is 12.3. The van der Waals surface area contributed by atoms with Crippen LogP contribution in [0.15, 0.2) is 96.1 Å². The van der Waals surface area contributed by atoms with Crippen molar-refractivity contribution in [2.45, 2.75) is 13.3 Å². The van der Waals surface area contributed by atoms with Crippen LogP contribution in [0.4, 0.5) is 0 Å². The average molecular weight is 422 g/mol. The van der Waals surface area contributed by atoms with E-state index in [-0.39, 0.29) is 12.3 Å². The summed E-state index contributed by atoms with van der Waals surface area (Å²) in [5, 5.41) is 6.19. The van der Waals surface area contributed by atoms with Crippen LogP contribution in [0.5, 0.6) is 5.75 Å². The molecule has 0 aliphatic rings. The van der Waals surface area contributed by atoms with Gasteiger partial charge in [-0.15, -0.1) is 0 Å². The Morgan fingerprint density at radius 3 is 2.38 bits per heavy atom. The fourth-order valence-electron chi connectivity index (χ4n) is 3.32. The normalized spacial score (nSPS) is 10.9. The Morgan fingerprint density at radius 2 is 1.59 bits per heavy atom. The minimum atomic E-state index is -0.410. The molecule has 0 atom stereocenters. The largest absolute Gasteiger partial charge is 0.423 e. The summed E-state index contributed by atoms with van der Waals surface area (Å²) in [5.41, 5.74) is 5.86. The quantitative estimate of drug-likeness (QED) is 0.204. The minimum absolute atomic E-state index is 0.193. The Balaban J connectivity index is 1.32. The molecule has 1 N–H and O–H groups in total. The predicted octanol–water partition coefficient (Wildman–Crippen LogP) is 5.06. The number of amides is 1. The lowest BCUT2D eigenvalue weighted by Crippen LogP contribution is -2.19. The molecule has 0 bridgehead atoms. The number of aryl methyl sites for hydroxylation is 1. The van der Waals surface area contributed by atoms with Crippen molar-refractivity contribution < 1.29 is 14.3 Å². The van der Waals surface area contributed by atoms with Gasteiger partial charge in [-0.3, -0.25) is 4.79 Å². The summed E-state index contributed by atoms with van der Waals surface area (Å²) in [6, 6.07) is 28.0. The molecule has 4 aromatic rings. The first kappa shape index (κ1) is 21.0. The van der Waals surface area contributed by atoms with Gasteiger partial charge in [0.2, 0.25) is 5.91 Å². The van der Waals surface area contributed by atoms with Crippen molar-refractivity contribution in [2.24, 2.45) is 5.10 Å². The highest BCUT2D eigenvalue weighted by molar-refractivity contribution is 5.92. The zero-order chi connectivity index (χ0) is 22.3. The fourth-order valence-corrected chi connectivity index (χ4v) is 3.32. The van der Waals surface area contributed by atoms with Gasteiger partial charge in [0.05, 0.1) is 18.2 Å². The summed E-state index contributed by atoms with van der Waals surface area (Å²) in [6.45, 7) is 1.96. The molecule has 0 saturated carbocycles. The van der Waals surface area contributed by atoms with Crippen LogP contribution in [0.25, 0.3) is 10.8 Å². The van der Waals surface area contributed by atoms with E-state index in [9.17, 15) is 9.59 Å². The van der Waals surface area contributed by atoms with Crippen molar-refractivity contribution in [3.05, 3.63) is 113 Å². The van der Waals surface area contributed by atoms with Crippen molar-refractivity contribution in [2.75, 3.05) is 0 Å². The maximum Gasteiger partial charge on any atom is 0.343 e. The standard InChI is InChI=1S/C27H22N2O3/c1-19-9-13-22(14-10-19)27(31)32-24-15-11-20(12-16-24)18-28-29-26(30)17-23-7-4-6-21-5-2-3-8-25(21)23/h2-16,18H,17H2,1H3,(H,29,30)/b28-18+. The summed E-state index contributed by atoms with van der Waals surface area (Å²) < 4.78 is 5.39. The van der Waals surface area contributed by atoms with Crippen LogP contribution in [-0.2, 0) is 11.2 Å². The van der Waals surface area contributed by atoms with E-state index in [0.29, 0.717) is 11.3 Å². The number of nitrogens with zero attached hydrogens (tertiary/aromatic N) is 1. The number of ether oxygens (including phenoxy) is 1. The van der Waals surface area contributed by atoms with Crippen LogP contribution in [0.3, 0.4) is 0 Å². The van der Waals surface area contributed by atoms with Crippen LogP contribution >= 0.6 is 0 Å². The Kier molecular flexibility index (Phi) is 6.37. The van der Waals surface area contributed by atoms with E-state index >= 15 is 0 Å². The molecule has 158 valence electrons. The molecule has 4 rings (SSSR count). The number of hydrazone groups is 1. The molecule has 0 aliphatic carbocycles. The molecule has 0 heterocycles. The number of fused-ring (bicyclic) bond motifs is 1. The number of hydrogen-bond acceptors (Lipinski definition) is 4. The van der Waals surface area contributed by atoms with Crippen molar-refractivity contribution in [1.29, 1.82) is 0 Å². The second-order valence-corrected chi connectivity index (χ2v) is 7.43. The first-order valence-corrected chi connectivity index (χ1v) is 10.3. The number of rotatable bonds is 6. The van der Waals surface area contributed by atoms with E-state index in [2.05, 4.69) is 10.5 Å². The number of carbonyl (C=O) groups is 2. The summed E-state index contributed by atoms with van der Waals surface area (Å²) in [4.78, 5) is 24.5. The van der Waals surface area contributed by atoms with Crippen LogP contribution in [-0.4, -0.2) is 18.1 Å². The lowest BCUT2D eigenvalue weighted by atomic mass is 10.0. The number of carbonyl (C=O) groups excluding carboxylic acids is 2. The van der Waals surface area contributed by atoms with Gasteiger partial charge in [0.15, 0.2) is 0 Å². The molecule has 1 amide bonds. The molecule has 0 saturated heterocycles. The molecule has 4 aromatic carbocycles. The van der Waals surface area contributed by atoms with Crippen LogP contribution < -0.4 is 10.2 Å². The van der Waals surface area contributed by atoms with Gasteiger partial charge in [0, 0.05) is 0 Å². The first-order valence-electron chi connectivity index (χ1n) is 10.3. The summed E-state index contributed by atoms with van der Waals surface area (Å²) in [5.74, 6) is -0.166. The van der Waals surface area contributed by atoms with Crippen LogP contribution in [0.2, 0.25) is 0 Å². The molecule has 0 fully saturated rings. The highest BCUT2D eigenvalue weighted by Gasteiger charge is 2.08. The number of hydrogen-bond donors (Lipinski definition) is 1. The van der Waals surface area contributed by atoms with Gasteiger partial charge in [-0.1, -0.05) is 60.2 Å². The van der Waals surface area contributed by atoms with Crippen LogP contribution in [0.1, 0.15) is 27.0 Å². The monoisotopic (exact) mass is 422 g/mol. The van der Waals surface area contributed by atoms with Crippen LogP contribution in [0, 0.1) is 6.92 Å². The second kappa shape index (κ2) is 9.71. The molecular formula is C27H22N2O3. The van der Waals surface area contributed by atoms with E-state index in [1.807, 2.05) is 61.5 Å². The van der Waals surface area contributed by atoms with E-state index in [4.69, 9.17) is 4.74 Å². The lowest BCUT2D eigenvalue weighted by Gasteiger charge is -2.06. The highest BCUT2D eigenvalue weighted by Crippen LogP contribution is 2.19. The third-order valence-corrected chi connectivity index (χ3v) is 5.01. The molecular weight excluding hydrogens is 400 g/mol. The summed E-state index contributed by atoms with van der Waals surface area (Å²) >= 11 is 0. The number of benzene rings is 4. The summed E-state index contributed by atoms with van der Waals surface area (Å²) in [6.07, 6.45) is 1.79. The smallest absolute Gasteiger partial charge is 0.343 e. The SMILES string of the molecule is Cc1ccc(C(=O)Oc2ccc(/C=N/NC(=O)Cc3cccc4ccccc34)cc2)cc1. The number of esters is 1. The Labute approximate surface area is 186 Å². The first-order chi connectivity index (χ1) is 15.6. The Bertz CT molecular complexity index is 1270. The number of nitrogens with one attached hydrogen (secondary N) is 1. The molecule has 0 radical (unpaired) electrons. The topological polar surface area (TPSA) is 67.8 Å². The minimum Gasteiger partial charge on any atom is -0.423 e. The third-order valence-electron chi connectivity index (χ3n) is 5.01. The van der Waals surface area contributed by atoms with Gasteiger partial charge in [-0.05, 0) is 65.2 Å². The van der Waals surface area contributed by atoms with Gasteiger partial charge in [-0.25, -0.2) is 10.2 Å².